The standard InChI is InChI=1S/C15H15F2N3/c16-8-3-4-9-13(12(8)17)20(15(18)19-9)14-10-6-1-2-7(5-6)11(10)14/h3-4,6-7,10-11,14H,1-2,5H2,(H2,18,19). The van der Waals surface area contributed by atoms with Crippen molar-refractivity contribution < 1.29 is 8.78 Å². The molecule has 0 radical (unpaired) electrons. The Labute approximate surface area is 114 Å². The number of nitrogens with two attached hydrogens (primary N) is 1. The maximum atomic E-state index is 14.2. The summed E-state index contributed by atoms with van der Waals surface area (Å²) in [5, 5.41) is 0. The molecule has 4 unspecified atom stereocenters. The van der Waals surface area contributed by atoms with E-state index >= 15 is 0 Å². The number of rotatable bonds is 1. The first-order valence-electron chi connectivity index (χ1n) is 7.28. The lowest BCUT2D eigenvalue weighted by Gasteiger charge is -2.12. The average Bonchev–Trinajstić information content (AvgIpc) is 2.77. The number of imidazole rings is 1. The van der Waals surface area contributed by atoms with Crippen LogP contribution in [0.2, 0.25) is 0 Å². The van der Waals surface area contributed by atoms with Gasteiger partial charge in [0.1, 0.15) is 5.52 Å². The summed E-state index contributed by atoms with van der Waals surface area (Å²) in [7, 11) is 0. The predicted octanol–water partition coefficient (Wildman–Crippen LogP) is 3.11. The second-order valence-electron chi connectivity index (χ2n) is 6.55. The summed E-state index contributed by atoms with van der Waals surface area (Å²) in [6.07, 6.45) is 3.88. The number of fused-ring (bicyclic) bond motifs is 6. The molecule has 1 aromatic carbocycles. The van der Waals surface area contributed by atoms with E-state index in [0.717, 1.165) is 17.9 Å². The van der Waals surface area contributed by atoms with Crippen LogP contribution < -0.4 is 5.73 Å². The topological polar surface area (TPSA) is 43.8 Å². The largest absolute Gasteiger partial charge is 0.369 e. The van der Waals surface area contributed by atoms with Crippen LogP contribution in [0, 0.1) is 35.3 Å². The minimum atomic E-state index is -0.826. The molecule has 2 N–H and O–H groups in total. The van der Waals surface area contributed by atoms with E-state index < -0.39 is 11.6 Å². The van der Waals surface area contributed by atoms with E-state index in [1.165, 1.54) is 25.3 Å². The predicted molar refractivity (Wildman–Crippen MR) is 70.9 cm³/mol. The molecule has 3 saturated carbocycles. The van der Waals surface area contributed by atoms with Crippen LogP contribution in [-0.4, -0.2) is 9.55 Å². The molecule has 3 fully saturated rings. The first kappa shape index (κ1) is 11.1. The lowest BCUT2D eigenvalue weighted by atomic mass is 10.0. The van der Waals surface area contributed by atoms with Crippen LogP contribution in [0.3, 0.4) is 0 Å². The van der Waals surface area contributed by atoms with Crippen molar-refractivity contribution in [3.63, 3.8) is 0 Å². The molecule has 1 heterocycles. The monoisotopic (exact) mass is 275 g/mol. The van der Waals surface area contributed by atoms with Gasteiger partial charge in [-0.05, 0) is 55.1 Å². The Bertz CT molecular complexity index is 722. The summed E-state index contributed by atoms with van der Waals surface area (Å²) in [6.45, 7) is 0. The molecule has 4 atom stereocenters. The summed E-state index contributed by atoms with van der Waals surface area (Å²) in [6, 6.07) is 2.86. The maximum absolute atomic E-state index is 14.2. The van der Waals surface area contributed by atoms with Crippen LogP contribution in [0.1, 0.15) is 25.3 Å². The molecule has 5 rings (SSSR count). The highest BCUT2D eigenvalue weighted by atomic mass is 19.2. The molecule has 3 aliphatic carbocycles. The smallest absolute Gasteiger partial charge is 0.201 e. The van der Waals surface area contributed by atoms with Crippen LogP contribution in [0.25, 0.3) is 11.0 Å². The first-order valence-corrected chi connectivity index (χ1v) is 7.28. The Morgan fingerprint density at radius 3 is 2.55 bits per heavy atom. The van der Waals surface area contributed by atoms with Crippen molar-refractivity contribution in [2.75, 3.05) is 5.73 Å². The molecule has 2 aromatic rings. The van der Waals surface area contributed by atoms with Gasteiger partial charge in [-0.2, -0.15) is 0 Å². The van der Waals surface area contributed by atoms with Crippen LogP contribution in [0.5, 0.6) is 0 Å². The highest BCUT2D eigenvalue weighted by molar-refractivity contribution is 5.79. The van der Waals surface area contributed by atoms with Crippen molar-refractivity contribution >= 4 is 17.0 Å². The zero-order valence-corrected chi connectivity index (χ0v) is 10.9. The number of anilines is 1. The third-order valence-corrected chi connectivity index (χ3v) is 5.76. The average molecular weight is 275 g/mol. The van der Waals surface area contributed by atoms with Crippen molar-refractivity contribution in [2.45, 2.75) is 25.3 Å². The van der Waals surface area contributed by atoms with Gasteiger partial charge in [0.25, 0.3) is 0 Å². The molecule has 3 nitrogen and oxygen atoms in total. The molecule has 0 amide bonds. The normalized spacial score (nSPS) is 37.6. The van der Waals surface area contributed by atoms with E-state index in [-0.39, 0.29) is 11.6 Å². The van der Waals surface area contributed by atoms with Gasteiger partial charge in [0.2, 0.25) is 5.95 Å². The van der Waals surface area contributed by atoms with Crippen molar-refractivity contribution in [1.82, 2.24) is 9.55 Å². The number of aromatic nitrogens is 2. The number of hydrogen-bond acceptors (Lipinski definition) is 2. The lowest BCUT2D eigenvalue weighted by Crippen LogP contribution is -2.09. The van der Waals surface area contributed by atoms with E-state index in [2.05, 4.69) is 4.98 Å². The van der Waals surface area contributed by atoms with Crippen molar-refractivity contribution in [3.8, 4) is 0 Å². The van der Waals surface area contributed by atoms with Crippen molar-refractivity contribution in [1.29, 1.82) is 0 Å². The van der Waals surface area contributed by atoms with E-state index in [1.807, 2.05) is 0 Å². The van der Waals surface area contributed by atoms with E-state index in [4.69, 9.17) is 5.73 Å². The molecule has 3 aliphatic rings. The quantitative estimate of drug-likeness (QED) is 0.869. The van der Waals surface area contributed by atoms with E-state index in [9.17, 15) is 8.78 Å². The summed E-state index contributed by atoms with van der Waals surface area (Å²) >= 11 is 0. The van der Waals surface area contributed by atoms with Crippen LogP contribution in [0.4, 0.5) is 14.7 Å². The fourth-order valence-corrected chi connectivity index (χ4v) is 5.07. The Kier molecular flexibility index (Phi) is 1.84. The van der Waals surface area contributed by atoms with E-state index in [0.29, 0.717) is 23.3 Å². The van der Waals surface area contributed by atoms with Gasteiger partial charge >= 0.3 is 0 Å². The van der Waals surface area contributed by atoms with E-state index in [1.54, 1.807) is 4.57 Å². The third kappa shape index (κ3) is 1.13. The van der Waals surface area contributed by atoms with Gasteiger partial charge in [0.15, 0.2) is 11.6 Å². The zero-order valence-electron chi connectivity index (χ0n) is 10.9. The first-order chi connectivity index (χ1) is 9.66. The fourth-order valence-electron chi connectivity index (χ4n) is 5.07. The third-order valence-electron chi connectivity index (χ3n) is 5.76. The molecule has 5 heteroatoms. The number of benzene rings is 1. The van der Waals surface area contributed by atoms with Gasteiger partial charge in [0, 0.05) is 6.04 Å². The van der Waals surface area contributed by atoms with Crippen LogP contribution in [0.15, 0.2) is 12.1 Å². The summed E-state index contributed by atoms with van der Waals surface area (Å²) in [4.78, 5) is 4.21. The summed E-state index contributed by atoms with van der Waals surface area (Å²) in [5.74, 6) is 1.40. The highest BCUT2D eigenvalue weighted by Gasteiger charge is 2.66. The SMILES string of the molecule is Nc1nc2ccc(F)c(F)c2n1C1C2C3CCC(C3)C21. The Hall–Kier alpha value is -1.65. The zero-order chi connectivity index (χ0) is 13.6. The Morgan fingerprint density at radius 2 is 1.85 bits per heavy atom. The molecular formula is C15H15F2N3. The molecule has 104 valence electrons. The number of nitrogens with zero attached hydrogens (tertiary/aromatic N) is 2. The number of hydrogen-bond donors (Lipinski definition) is 1. The second kappa shape index (κ2) is 3.32. The Morgan fingerprint density at radius 1 is 1.15 bits per heavy atom. The summed E-state index contributed by atoms with van der Waals surface area (Å²) < 4.78 is 29.4. The van der Waals surface area contributed by atoms with Crippen LogP contribution >= 0.6 is 0 Å². The fraction of sp³-hybridized carbons (Fsp3) is 0.533. The van der Waals surface area contributed by atoms with Gasteiger partial charge in [-0.3, -0.25) is 0 Å². The molecule has 2 bridgehead atoms. The minimum absolute atomic E-state index is 0.238. The number of halogens is 2. The molecule has 0 spiro atoms. The van der Waals surface area contributed by atoms with Gasteiger partial charge in [-0.25, -0.2) is 13.8 Å². The summed E-state index contributed by atoms with van der Waals surface area (Å²) in [5.41, 5.74) is 6.70. The molecule has 0 aliphatic heterocycles. The van der Waals surface area contributed by atoms with Crippen molar-refractivity contribution in [2.24, 2.45) is 23.7 Å². The Balaban J connectivity index is 1.70. The van der Waals surface area contributed by atoms with Gasteiger partial charge in [0.05, 0.1) is 5.52 Å². The van der Waals surface area contributed by atoms with Gasteiger partial charge < -0.3 is 10.3 Å². The van der Waals surface area contributed by atoms with Gasteiger partial charge in [-0.1, -0.05) is 0 Å². The van der Waals surface area contributed by atoms with Crippen molar-refractivity contribution in [3.05, 3.63) is 23.8 Å². The minimum Gasteiger partial charge on any atom is -0.369 e. The lowest BCUT2D eigenvalue weighted by molar-refractivity contribution is 0.456. The molecule has 20 heavy (non-hydrogen) atoms. The molecule has 1 aromatic heterocycles. The highest BCUT2D eigenvalue weighted by Crippen LogP contribution is 2.72. The second-order valence-corrected chi connectivity index (χ2v) is 6.55. The van der Waals surface area contributed by atoms with Gasteiger partial charge in [-0.15, -0.1) is 0 Å². The molecular weight excluding hydrogens is 260 g/mol. The number of nitrogen functional groups attached to an aromatic ring is 1. The molecule has 0 saturated heterocycles. The van der Waals surface area contributed by atoms with Crippen LogP contribution in [-0.2, 0) is 0 Å². The maximum Gasteiger partial charge on any atom is 0.201 e.